The SMILES string of the molecule is O=C(c1ccon1)N1CCC[C@H](CCc2ccccc2C(F)(F)F)C1. The van der Waals surface area contributed by atoms with Crippen molar-refractivity contribution in [3.8, 4) is 0 Å². The minimum absolute atomic E-state index is 0.186. The number of benzene rings is 1. The molecular formula is C18H19F3N2O2. The van der Waals surface area contributed by atoms with E-state index < -0.39 is 11.7 Å². The third-order valence-electron chi connectivity index (χ3n) is 4.61. The zero-order valence-electron chi connectivity index (χ0n) is 13.6. The van der Waals surface area contributed by atoms with Crippen molar-refractivity contribution in [3.05, 3.63) is 53.4 Å². The van der Waals surface area contributed by atoms with Crippen LogP contribution in [-0.4, -0.2) is 29.1 Å². The van der Waals surface area contributed by atoms with Crippen LogP contribution >= 0.6 is 0 Å². The number of carbonyl (C=O) groups is 1. The van der Waals surface area contributed by atoms with Crippen LogP contribution in [0, 0.1) is 5.92 Å². The molecule has 0 spiro atoms. The van der Waals surface area contributed by atoms with Gasteiger partial charge in [0.05, 0.1) is 5.56 Å². The summed E-state index contributed by atoms with van der Waals surface area (Å²) in [6.07, 6.45) is -0.255. The second kappa shape index (κ2) is 7.29. The first-order valence-corrected chi connectivity index (χ1v) is 8.30. The summed E-state index contributed by atoms with van der Waals surface area (Å²) >= 11 is 0. The lowest BCUT2D eigenvalue weighted by Gasteiger charge is -2.32. The van der Waals surface area contributed by atoms with Gasteiger partial charge in [0.2, 0.25) is 0 Å². The third kappa shape index (κ3) is 4.21. The number of nitrogens with zero attached hydrogens (tertiary/aromatic N) is 2. The molecule has 1 fully saturated rings. The van der Waals surface area contributed by atoms with Crippen molar-refractivity contribution in [2.45, 2.75) is 31.9 Å². The highest BCUT2D eigenvalue weighted by molar-refractivity contribution is 5.92. The van der Waals surface area contributed by atoms with Crippen molar-refractivity contribution in [2.75, 3.05) is 13.1 Å². The molecule has 4 nitrogen and oxygen atoms in total. The number of rotatable bonds is 4. The molecule has 1 aromatic heterocycles. The highest BCUT2D eigenvalue weighted by atomic mass is 19.4. The van der Waals surface area contributed by atoms with Gasteiger partial charge in [0.25, 0.3) is 5.91 Å². The van der Waals surface area contributed by atoms with Gasteiger partial charge in [0, 0.05) is 19.2 Å². The van der Waals surface area contributed by atoms with Gasteiger partial charge in [-0.2, -0.15) is 13.2 Å². The van der Waals surface area contributed by atoms with Crippen LogP contribution in [0.2, 0.25) is 0 Å². The van der Waals surface area contributed by atoms with E-state index >= 15 is 0 Å². The van der Waals surface area contributed by atoms with Crippen LogP contribution in [0.15, 0.2) is 41.1 Å². The van der Waals surface area contributed by atoms with Crippen LogP contribution in [0.4, 0.5) is 13.2 Å². The summed E-state index contributed by atoms with van der Waals surface area (Å²) in [6, 6.07) is 7.21. The molecule has 0 radical (unpaired) electrons. The number of hydrogen-bond donors (Lipinski definition) is 0. The van der Waals surface area contributed by atoms with Gasteiger partial charge in [0.1, 0.15) is 6.26 Å². The Kier molecular flexibility index (Phi) is 5.11. The van der Waals surface area contributed by atoms with Crippen LogP contribution in [-0.2, 0) is 12.6 Å². The molecule has 1 aliphatic heterocycles. The summed E-state index contributed by atoms with van der Waals surface area (Å²) in [4.78, 5) is 14.0. The number of alkyl halides is 3. The largest absolute Gasteiger partial charge is 0.416 e. The van der Waals surface area contributed by atoms with Gasteiger partial charge in [-0.15, -0.1) is 0 Å². The molecule has 1 aromatic carbocycles. The monoisotopic (exact) mass is 352 g/mol. The molecule has 0 aliphatic carbocycles. The number of amides is 1. The number of carbonyl (C=O) groups excluding carboxylic acids is 1. The van der Waals surface area contributed by atoms with Gasteiger partial charge in [-0.25, -0.2) is 0 Å². The van der Waals surface area contributed by atoms with Crippen molar-refractivity contribution >= 4 is 5.91 Å². The average Bonchev–Trinajstić information content (AvgIpc) is 3.13. The number of aromatic nitrogens is 1. The van der Waals surface area contributed by atoms with Crippen LogP contribution in [0.5, 0.6) is 0 Å². The summed E-state index contributed by atoms with van der Waals surface area (Å²) in [5.74, 6) is 0.0000301. The second-order valence-electron chi connectivity index (χ2n) is 6.34. The fraction of sp³-hybridized carbons (Fsp3) is 0.444. The smallest absolute Gasteiger partial charge is 0.364 e. The lowest BCUT2D eigenvalue weighted by Crippen LogP contribution is -2.40. The van der Waals surface area contributed by atoms with Gasteiger partial charge in [-0.05, 0) is 43.2 Å². The number of halogens is 3. The number of likely N-dealkylation sites (tertiary alicyclic amines) is 1. The fourth-order valence-electron chi connectivity index (χ4n) is 3.34. The third-order valence-corrected chi connectivity index (χ3v) is 4.61. The lowest BCUT2D eigenvalue weighted by molar-refractivity contribution is -0.138. The Bertz CT molecular complexity index is 713. The van der Waals surface area contributed by atoms with E-state index in [9.17, 15) is 18.0 Å². The Balaban J connectivity index is 1.62. The molecule has 0 saturated carbocycles. The van der Waals surface area contributed by atoms with Gasteiger partial charge in [-0.1, -0.05) is 23.4 Å². The molecule has 0 N–H and O–H groups in total. The van der Waals surface area contributed by atoms with Crippen molar-refractivity contribution in [1.29, 1.82) is 0 Å². The standard InChI is InChI=1S/C18H19F3N2O2/c19-18(20,21)15-6-2-1-5-14(15)8-7-13-4-3-10-23(12-13)17(24)16-9-11-25-22-16/h1-2,5-6,9,11,13H,3-4,7-8,10,12H2/t13-/m1/s1. The number of hydrogen-bond acceptors (Lipinski definition) is 3. The van der Waals surface area contributed by atoms with Crippen molar-refractivity contribution in [3.63, 3.8) is 0 Å². The molecule has 134 valence electrons. The maximum absolute atomic E-state index is 13.1. The summed E-state index contributed by atoms with van der Waals surface area (Å²) < 4.78 is 43.9. The minimum atomic E-state index is -4.34. The number of aryl methyl sites for hydroxylation is 1. The summed E-state index contributed by atoms with van der Waals surface area (Å²) in [6.45, 7) is 1.18. The van der Waals surface area contributed by atoms with Gasteiger partial charge in [0.15, 0.2) is 5.69 Å². The van der Waals surface area contributed by atoms with Crippen molar-refractivity contribution in [1.82, 2.24) is 10.1 Å². The topological polar surface area (TPSA) is 46.3 Å². The van der Waals surface area contributed by atoms with E-state index in [1.807, 2.05) is 0 Å². The molecule has 1 amide bonds. The molecule has 2 aromatic rings. The van der Waals surface area contributed by atoms with E-state index in [0.29, 0.717) is 31.5 Å². The van der Waals surface area contributed by atoms with Gasteiger partial charge >= 0.3 is 6.18 Å². The Morgan fingerprint density at radius 2 is 2.08 bits per heavy atom. The van der Waals surface area contributed by atoms with Crippen molar-refractivity contribution < 1.29 is 22.5 Å². The van der Waals surface area contributed by atoms with E-state index in [2.05, 4.69) is 5.16 Å². The predicted molar refractivity (Wildman–Crippen MR) is 84.9 cm³/mol. The first kappa shape index (κ1) is 17.5. The minimum Gasteiger partial charge on any atom is -0.364 e. The normalized spacial score (nSPS) is 18.4. The Morgan fingerprint density at radius 3 is 2.80 bits per heavy atom. The molecule has 1 atom stereocenters. The zero-order chi connectivity index (χ0) is 17.9. The zero-order valence-corrected chi connectivity index (χ0v) is 13.6. The van der Waals surface area contributed by atoms with E-state index in [0.717, 1.165) is 18.9 Å². The van der Waals surface area contributed by atoms with Crippen LogP contribution in [0.1, 0.15) is 40.9 Å². The first-order chi connectivity index (χ1) is 11.9. The van der Waals surface area contributed by atoms with Crippen LogP contribution < -0.4 is 0 Å². The summed E-state index contributed by atoms with van der Waals surface area (Å²) in [5, 5.41) is 3.66. The fourth-order valence-corrected chi connectivity index (χ4v) is 3.34. The molecule has 3 rings (SSSR count). The van der Waals surface area contributed by atoms with Crippen LogP contribution in [0.25, 0.3) is 0 Å². The Hall–Kier alpha value is -2.31. The van der Waals surface area contributed by atoms with Crippen LogP contribution in [0.3, 0.4) is 0 Å². The maximum Gasteiger partial charge on any atom is 0.416 e. The van der Waals surface area contributed by atoms with E-state index in [1.165, 1.54) is 24.5 Å². The second-order valence-corrected chi connectivity index (χ2v) is 6.34. The Labute approximate surface area is 143 Å². The lowest BCUT2D eigenvalue weighted by atomic mass is 9.90. The Morgan fingerprint density at radius 1 is 1.28 bits per heavy atom. The maximum atomic E-state index is 13.1. The van der Waals surface area contributed by atoms with E-state index in [4.69, 9.17) is 4.52 Å². The highest BCUT2D eigenvalue weighted by Gasteiger charge is 2.33. The molecule has 1 aliphatic rings. The summed E-state index contributed by atoms with van der Waals surface area (Å²) in [7, 11) is 0. The average molecular weight is 352 g/mol. The van der Waals surface area contributed by atoms with E-state index in [-0.39, 0.29) is 17.5 Å². The van der Waals surface area contributed by atoms with E-state index in [1.54, 1.807) is 11.0 Å². The highest BCUT2D eigenvalue weighted by Crippen LogP contribution is 2.33. The first-order valence-electron chi connectivity index (χ1n) is 8.30. The molecular weight excluding hydrogens is 333 g/mol. The molecule has 7 heteroatoms. The molecule has 0 unspecified atom stereocenters. The number of piperidine rings is 1. The van der Waals surface area contributed by atoms with Gasteiger partial charge in [-0.3, -0.25) is 4.79 Å². The van der Waals surface area contributed by atoms with Gasteiger partial charge < -0.3 is 9.42 Å². The van der Waals surface area contributed by atoms with Crippen molar-refractivity contribution in [2.24, 2.45) is 5.92 Å². The predicted octanol–water partition coefficient (Wildman–Crippen LogP) is 4.18. The molecule has 2 heterocycles. The summed E-state index contributed by atoms with van der Waals surface area (Å²) in [5.41, 5.74) is 0.0133. The molecule has 25 heavy (non-hydrogen) atoms. The molecule has 0 bridgehead atoms. The quantitative estimate of drug-likeness (QED) is 0.829. The molecule has 1 saturated heterocycles.